The topological polar surface area (TPSA) is 71.4 Å². The van der Waals surface area contributed by atoms with Gasteiger partial charge in [0, 0.05) is 0 Å². The number of carboxylic acid groups (broad SMARTS) is 1. The number of hydrogen-bond acceptors (Lipinski definition) is 3. The van der Waals surface area contributed by atoms with E-state index in [2.05, 4.69) is 47.8 Å². The highest BCUT2D eigenvalue weighted by Gasteiger charge is 2.37. The predicted octanol–water partition coefficient (Wildman–Crippen LogP) is 2.88. The Bertz CT molecular complexity index is 533. The third-order valence-electron chi connectivity index (χ3n) is 1.87. The molecule has 0 radical (unpaired) electrons. The van der Waals surface area contributed by atoms with Gasteiger partial charge in [0.05, 0.1) is 11.3 Å². The van der Waals surface area contributed by atoms with Crippen LogP contribution in [0.4, 0.5) is 0 Å². The molecule has 8 heteroatoms. The lowest BCUT2D eigenvalue weighted by atomic mass is 10.2. The zero-order chi connectivity index (χ0) is 13.3. The molecule has 1 aromatic carbocycles. The highest BCUT2D eigenvalue weighted by atomic mass is 80.0. The van der Waals surface area contributed by atoms with E-state index in [0.29, 0.717) is 5.56 Å². The van der Waals surface area contributed by atoms with E-state index in [0.717, 1.165) is 0 Å². The van der Waals surface area contributed by atoms with Gasteiger partial charge < -0.3 is 5.11 Å². The minimum absolute atomic E-state index is 0.0295. The molecule has 0 heterocycles. The number of carboxylic acids is 1. The van der Waals surface area contributed by atoms with Crippen LogP contribution in [0.2, 0.25) is 0 Å². The molecule has 0 spiro atoms. The lowest BCUT2D eigenvalue weighted by Gasteiger charge is -2.14. The van der Waals surface area contributed by atoms with Gasteiger partial charge in [-0.05, 0) is 65.5 Å². The van der Waals surface area contributed by atoms with Crippen molar-refractivity contribution in [1.82, 2.24) is 0 Å². The number of halogens is 3. The maximum atomic E-state index is 12.0. The summed E-state index contributed by atoms with van der Waals surface area (Å²) in [7, 11) is -3.68. The minimum Gasteiger partial charge on any atom is -0.481 e. The second-order valence-corrected chi connectivity index (χ2v) is 13.6. The summed E-state index contributed by atoms with van der Waals surface area (Å²) < 4.78 is 22.6. The molecule has 0 aliphatic heterocycles. The Kier molecular flexibility index (Phi) is 4.79. The van der Waals surface area contributed by atoms with E-state index in [9.17, 15) is 13.2 Å². The van der Waals surface area contributed by atoms with Crippen molar-refractivity contribution < 1.29 is 18.3 Å². The lowest BCUT2D eigenvalue weighted by Crippen LogP contribution is -2.18. The largest absolute Gasteiger partial charge is 0.481 e. The molecular formula is C9H7Br3O4S. The zero-order valence-electron chi connectivity index (χ0n) is 8.23. The molecule has 4 nitrogen and oxygen atoms in total. The van der Waals surface area contributed by atoms with Crippen LogP contribution < -0.4 is 0 Å². The van der Waals surface area contributed by atoms with Crippen LogP contribution in [-0.4, -0.2) is 21.0 Å². The highest BCUT2D eigenvalue weighted by molar-refractivity contribution is 9.42. The van der Waals surface area contributed by atoms with Gasteiger partial charge in [0.15, 0.2) is 0 Å². The van der Waals surface area contributed by atoms with Crippen LogP contribution in [0.5, 0.6) is 0 Å². The van der Waals surface area contributed by atoms with E-state index in [4.69, 9.17) is 5.11 Å². The molecule has 1 N–H and O–H groups in total. The number of alkyl halides is 3. The summed E-state index contributed by atoms with van der Waals surface area (Å²) in [4.78, 5) is 10.6. The molecule has 0 saturated carbocycles. The third-order valence-corrected chi connectivity index (χ3v) is 7.19. The average Bonchev–Trinajstić information content (AvgIpc) is 2.15. The van der Waals surface area contributed by atoms with Gasteiger partial charge in [0.25, 0.3) is 0 Å². The molecule has 17 heavy (non-hydrogen) atoms. The number of hydrogen-bond donors (Lipinski definition) is 1. The molecule has 94 valence electrons. The van der Waals surface area contributed by atoms with Crippen molar-refractivity contribution in [3.05, 3.63) is 29.8 Å². The van der Waals surface area contributed by atoms with Crippen LogP contribution in [-0.2, 0) is 21.1 Å². The van der Waals surface area contributed by atoms with Crippen LogP contribution >= 0.6 is 47.8 Å². The summed E-state index contributed by atoms with van der Waals surface area (Å²) in [5, 5.41) is 8.64. The molecule has 0 aliphatic carbocycles. The standard InChI is InChI=1S/C9H7Br3O4S/c10-9(11,12)17(15,16)7-3-1-2-6(4-7)5-8(13)14/h1-4H,5H2,(H,13,14). The number of carbonyl (C=O) groups is 1. The molecule has 1 aromatic rings. The Hall–Kier alpha value is 0.0800. The van der Waals surface area contributed by atoms with Gasteiger partial charge in [0.1, 0.15) is 0 Å². The number of aliphatic carboxylic acids is 1. The normalized spacial score (nSPS) is 12.4. The van der Waals surface area contributed by atoms with Crippen molar-refractivity contribution in [2.24, 2.45) is 0 Å². The van der Waals surface area contributed by atoms with Gasteiger partial charge in [-0.1, -0.05) is 12.1 Å². The van der Waals surface area contributed by atoms with Crippen molar-refractivity contribution >= 4 is 63.6 Å². The van der Waals surface area contributed by atoms with Gasteiger partial charge in [-0.25, -0.2) is 8.42 Å². The monoisotopic (exact) mass is 448 g/mol. The van der Waals surface area contributed by atoms with E-state index in [-0.39, 0.29) is 11.3 Å². The van der Waals surface area contributed by atoms with E-state index < -0.39 is 17.3 Å². The molecule has 1 rings (SSSR count). The Morgan fingerprint density at radius 2 is 1.88 bits per heavy atom. The van der Waals surface area contributed by atoms with Crippen molar-refractivity contribution in [1.29, 1.82) is 0 Å². The first kappa shape index (κ1) is 15.1. The highest BCUT2D eigenvalue weighted by Crippen LogP contribution is 2.43. The number of benzene rings is 1. The molecule has 0 unspecified atom stereocenters. The SMILES string of the molecule is O=C(O)Cc1cccc(S(=O)(=O)C(Br)(Br)Br)c1. The van der Waals surface area contributed by atoms with E-state index in [1.807, 2.05) is 0 Å². The van der Waals surface area contributed by atoms with Crippen molar-refractivity contribution in [2.45, 2.75) is 12.8 Å². The first-order chi connectivity index (χ1) is 7.64. The Morgan fingerprint density at radius 1 is 1.29 bits per heavy atom. The Morgan fingerprint density at radius 3 is 2.35 bits per heavy atom. The molecule has 0 aromatic heterocycles. The smallest absolute Gasteiger partial charge is 0.307 e. The van der Waals surface area contributed by atoms with Crippen LogP contribution in [0.15, 0.2) is 29.2 Å². The zero-order valence-corrected chi connectivity index (χ0v) is 13.8. The summed E-state index contributed by atoms with van der Waals surface area (Å²) >= 11 is 8.82. The van der Waals surface area contributed by atoms with Crippen molar-refractivity contribution in [3.8, 4) is 0 Å². The fourth-order valence-corrected chi connectivity index (χ4v) is 3.64. The van der Waals surface area contributed by atoms with Crippen LogP contribution in [0.3, 0.4) is 0 Å². The maximum absolute atomic E-state index is 12.0. The fourth-order valence-electron chi connectivity index (χ4n) is 1.13. The molecule has 0 bridgehead atoms. The minimum atomic E-state index is -3.68. The molecule has 0 aliphatic rings. The fraction of sp³-hybridized carbons (Fsp3) is 0.222. The second kappa shape index (κ2) is 5.38. The van der Waals surface area contributed by atoms with Gasteiger partial charge in [-0.2, -0.15) is 0 Å². The van der Waals surface area contributed by atoms with Gasteiger partial charge >= 0.3 is 5.97 Å². The molecule has 0 saturated heterocycles. The van der Waals surface area contributed by atoms with Crippen molar-refractivity contribution in [3.63, 3.8) is 0 Å². The molecule has 0 amide bonds. The first-order valence-electron chi connectivity index (χ1n) is 4.26. The van der Waals surface area contributed by atoms with Crippen LogP contribution in [0.1, 0.15) is 5.56 Å². The average molecular weight is 451 g/mol. The predicted molar refractivity (Wildman–Crippen MR) is 74.5 cm³/mol. The first-order valence-corrected chi connectivity index (χ1v) is 8.13. The van der Waals surface area contributed by atoms with Crippen molar-refractivity contribution in [2.75, 3.05) is 0 Å². The van der Waals surface area contributed by atoms with Gasteiger partial charge in [0.2, 0.25) is 11.3 Å². The lowest BCUT2D eigenvalue weighted by molar-refractivity contribution is -0.136. The van der Waals surface area contributed by atoms with Gasteiger partial charge in [-0.3, -0.25) is 4.79 Å². The molecular weight excluding hydrogens is 444 g/mol. The van der Waals surface area contributed by atoms with Crippen LogP contribution in [0, 0.1) is 0 Å². The second-order valence-electron chi connectivity index (χ2n) is 3.17. The van der Waals surface area contributed by atoms with Gasteiger partial charge in [-0.15, -0.1) is 0 Å². The Labute approximate surface area is 124 Å². The third kappa shape index (κ3) is 3.77. The summed E-state index contributed by atoms with van der Waals surface area (Å²) in [5.41, 5.74) is 0.426. The van der Waals surface area contributed by atoms with Crippen LogP contribution in [0.25, 0.3) is 0 Å². The summed E-state index contributed by atoms with van der Waals surface area (Å²) in [5.74, 6) is -1.01. The summed E-state index contributed by atoms with van der Waals surface area (Å²) in [6, 6.07) is 5.80. The Balaban J connectivity index is 3.21. The summed E-state index contributed by atoms with van der Waals surface area (Å²) in [6.07, 6.45) is -0.219. The van der Waals surface area contributed by atoms with E-state index in [1.165, 1.54) is 18.2 Å². The molecule has 0 fully saturated rings. The van der Waals surface area contributed by atoms with E-state index in [1.54, 1.807) is 6.07 Å². The number of sulfone groups is 1. The molecule has 0 atom stereocenters. The number of rotatable bonds is 3. The maximum Gasteiger partial charge on any atom is 0.307 e. The summed E-state index contributed by atoms with van der Waals surface area (Å²) in [6.45, 7) is 0. The quantitative estimate of drug-likeness (QED) is 0.719. The van der Waals surface area contributed by atoms with E-state index >= 15 is 0 Å².